The number of fused-ring (bicyclic) bond motifs is 9. The molecule has 0 fully saturated rings. The van der Waals surface area contributed by atoms with Gasteiger partial charge in [0.15, 0.2) is 5.75 Å². The molecule has 2 heterocycles. The van der Waals surface area contributed by atoms with Gasteiger partial charge in [0.1, 0.15) is 5.75 Å². The lowest BCUT2D eigenvalue weighted by molar-refractivity contribution is 0.434. The molecule has 0 atom stereocenters. The molecule has 1 aliphatic heterocycles. The molecule has 1 aliphatic carbocycles. The zero-order chi connectivity index (χ0) is 17.1. The molecule has 2 nitrogen and oxygen atoms in total. The van der Waals surface area contributed by atoms with E-state index in [1.165, 1.54) is 27.8 Å². The fourth-order valence-corrected chi connectivity index (χ4v) is 4.72. The number of nitrogens with zero attached hydrogens (tertiary/aromatic N) is 1. The maximum atomic E-state index is 6.23. The molecule has 0 N–H and O–H groups in total. The van der Waals surface area contributed by atoms with E-state index < -0.39 is 0 Å². The minimum atomic E-state index is -0.361. The van der Waals surface area contributed by atoms with Crippen molar-refractivity contribution in [2.45, 2.75) is 5.41 Å². The van der Waals surface area contributed by atoms with Crippen LogP contribution in [0, 0.1) is 0 Å². The predicted octanol–water partition coefficient (Wildman–Crippen LogP) is 5.55. The Morgan fingerprint density at radius 2 is 1.15 bits per heavy atom. The minimum absolute atomic E-state index is 0.361. The Labute approximate surface area is 151 Å². The number of benzene rings is 3. The third kappa shape index (κ3) is 1.50. The van der Waals surface area contributed by atoms with Crippen molar-refractivity contribution in [3.05, 3.63) is 114 Å². The van der Waals surface area contributed by atoms with Crippen molar-refractivity contribution in [1.29, 1.82) is 0 Å². The van der Waals surface area contributed by atoms with Crippen LogP contribution in [-0.4, -0.2) is 4.98 Å². The first kappa shape index (κ1) is 13.9. The number of rotatable bonds is 0. The molecule has 4 aromatic rings. The molecule has 1 aromatic heterocycles. The van der Waals surface area contributed by atoms with Crippen LogP contribution in [0.25, 0.3) is 11.1 Å². The molecule has 0 amide bonds. The molecule has 0 radical (unpaired) electrons. The molecule has 6 rings (SSSR count). The summed E-state index contributed by atoms with van der Waals surface area (Å²) in [6.07, 6.45) is 3.69. The first-order chi connectivity index (χ1) is 12.9. The number of ether oxygens (including phenoxy) is 1. The number of para-hydroxylation sites is 1. The molecule has 2 aliphatic rings. The largest absolute Gasteiger partial charge is 0.455 e. The number of hydrogen-bond acceptors (Lipinski definition) is 2. The maximum Gasteiger partial charge on any atom is 0.150 e. The van der Waals surface area contributed by atoms with E-state index in [4.69, 9.17) is 4.74 Å². The van der Waals surface area contributed by atoms with Crippen LogP contribution >= 0.6 is 0 Å². The molecule has 26 heavy (non-hydrogen) atoms. The smallest absolute Gasteiger partial charge is 0.150 e. The second-order valence-corrected chi connectivity index (χ2v) is 6.81. The average Bonchev–Trinajstić information content (AvgIpc) is 3.00. The first-order valence-corrected chi connectivity index (χ1v) is 8.82. The monoisotopic (exact) mass is 333 g/mol. The van der Waals surface area contributed by atoms with Crippen molar-refractivity contribution in [2.75, 3.05) is 0 Å². The van der Waals surface area contributed by atoms with Crippen LogP contribution in [0.1, 0.15) is 22.3 Å². The summed E-state index contributed by atoms with van der Waals surface area (Å²) in [6, 6.07) is 27.9. The van der Waals surface area contributed by atoms with E-state index in [1.54, 1.807) is 0 Å². The molecule has 3 aromatic carbocycles. The highest BCUT2D eigenvalue weighted by molar-refractivity contribution is 5.88. The van der Waals surface area contributed by atoms with Crippen LogP contribution in [0.4, 0.5) is 0 Å². The highest BCUT2D eigenvalue weighted by Gasteiger charge is 2.50. The highest BCUT2D eigenvalue weighted by Crippen LogP contribution is 2.61. The van der Waals surface area contributed by atoms with E-state index in [0.29, 0.717) is 0 Å². The van der Waals surface area contributed by atoms with Gasteiger partial charge in [0.2, 0.25) is 0 Å². The van der Waals surface area contributed by atoms with E-state index in [0.717, 1.165) is 17.1 Å². The summed E-state index contributed by atoms with van der Waals surface area (Å²) >= 11 is 0. The van der Waals surface area contributed by atoms with Crippen molar-refractivity contribution in [2.24, 2.45) is 0 Å². The van der Waals surface area contributed by atoms with Crippen LogP contribution in [0.5, 0.6) is 11.5 Å². The summed E-state index contributed by atoms with van der Waals surface area (Å²) in [5, 5.41) is 0. The number of aromatic nitrogens is 1. The van der Waals surface area contributed by atoms with Gasteiger partial charge in [0.25, 0.3) is 0 Å². The van der Waals surface area contributed by atoms with Gasteiger partial charge >= 0.3 is 0 Å². The van der Waals surface area contributed by atoms with Crippen LogP contribution in [0.2, 0.25) is 0 Å². The van der Waals surface area contributed by atoms with Gasteiger partial charge in [0.05, 0.1) is 11.6 Å². The Hall–Kier alpha value is -3.39. The van der Waals surface area contributed by atoms with Crippen molar-refractivity contribution >= 4 is 0 Å². The minimum Gasteiger partial charge on any atom is -0.455 e. The average molecular weight is 333 g/mol. The molecular formula is C24H15NO. The first-order valence-electron chi connectivity index (χ1n) is 8.82. The zero-order valence-corrected chi connectivity index (χ0v) is 14.0. The van der Waals surface area contributed by atoms with Gasteiger partial charge in [-0.1, -0.05) is 66.7 Å². The number of hydrogen-bond donors (Lipinski definition) is 0. The Bertz CT molecular complexity index is 1080. The van der Waals surface area contributed by atoms with Crippen LogP contribution in [0.3, 0.4) is 0 Å². The topological polar surface area (TPSA) is 22.1 Å². The van der Waals surface area contributed by atoms with Gasteiger partial charge in [-0.25, -0.2) is 0 Å². The van der Waals surface area contributed by atoms with E-state index in [2.05, 4.69) is 77.8 Å². The van der Waals surface area contributed by atoms with E-state index in [9.17, 15) is 0 Å². The molecule has 2 heteroatoms. The summed E-state index contributed by atoms with van der Waals surface area (Å²) in [6.45, 7) is 0. The summed E-state index contributed by atoms with van der Waals surface area (Å²) in [7, 11) is 0. The lowest BCUT2D eigenvalue weighted by atomic mass is 9.66. The fourth-order valence-electron chi connectivity index (χ4n) is 4.72. The third-order valence-electron chi connectivity index (χ3n) is 5.65. The normalized spacial score (nSPS) is 14.8. The van der Waals surface area contributed by atoms with Crippen molar-refractivity contribution in [3.8, 4) is 22.6 Å². The quantitative estimate of drug-likeness (QED) is 0.363. The Morgan fingerprint density at radius 3 is 1.88 bits per heavy atom. The molecule has 0 unspecified atom stereocenters. The van der Waals surface area contributed by atoms with Crippen LogP contribution in [0.15, 0.2) is 91.3 Å². The van der Waals surface area contributed by atoms with Crippen LogP contribution < -0.4 is 4.74 Å². The molecule has 0 saturated carbocycles. The summed E-state index contributed by atoms with van der Waals surface area (Å²) < 4.78 is 6.23. The van der Waals surface area contributed by atoms with Gasteiger partial charge in [0, 0.05) is 17.3 Å². The SMILES string of the molecule is c1ccc2c(c1)Oc1cnccc1C21c2ccccc2-c2ccccc21. The Morgan fingerprint density at radius 1 is 0.577 bits per heavy atom. The summed E-state index contributed by atoms with van der Waals surface area (Å²) in [4.78, 5) is 4.31. The van der Waals surface area contributed by atoms with Crippen LogP contribution in [-0.2, 0) is 5.41 Å². The fraction of sp³-hybridized carbons (Fsp3) is 0.0417. The van der Waals surface area contributed by atoms with E-state index in [1.807, 2.05) is 18.5 Å². The van der Waals surface area contributed by atoms with Crippen molar-refractivity contribution in [1.82, 2.24) is 4.98 Å². The Balaban J connectivity index is 1.87. The van der Waals surface area contributed by atoms with Gasteiger partial charge in [-0.2, -0.15) is 0 Å². The lowest BCUT2D eigenvalue weighted by Crippen LogP contribution is -2.32. The van der Waals surface area contributed by atoms with Crippen molar-refractivity contribution < 1.29 is 4.74 Å². The second-order valence-electron chi connectivity index (χ2n) is 6.81. The van der Waals surface area contributed by atoms with E-state index in [-0.39, 0.29) is 5.41 Å². The maximum absolute atomic E-state index is 6.23. The second kappa shape index (κ2) is 4.83. The molecule has 122 valence electrons. The summed E-state index contributed by atoms with van der Waals surface area (Å²) in [5.74, 6) is 1.73. The molecule has 1 spiro atoms. The lowest BCUT2D eigenvalue weighted by Gasteiger charge is -2.39. The van der Waals surface area contributed by atoms with Gasteiger partial charge < -0.3 is 4.74 Å². The third-order valence-corrected chi connectivity index (χ3v) is 5.65. The zero-order valence-electron chi connectivity index (χ0n) is 14.0. The molecule has 0 bridgehead atoms. The van der Waals surface area contributed by atoms with Crippen molar-refractivity contribution in [3.63, 3.8) is 0 Å². The summed E-state index contributed by atoms with van der Waals surface area (Å²) in [5.41, 5.74) is 7.19. The van der Waals surface area contributed by atoms with Gasteiger partial charge in [-0.05, 0) is 34.4 Å². The standard InChI is InChI=1S/C24H15NO/c1-3-9-18-16(7-1)17-8-2-4-10-19(17)24(18)20-11-5-6-12-22(20)26-23-15-25-14-13-21(23)24/h1-15H. The predicted molar refractivity (Wildman–Crippen MR) is 102 cm³/mol. The van der Waals surface area contributed by atoms with Gasteiger partial charge in [-0.3, -0.25) is 4.98 Å². The van der Waals surface area contributed by atoms with E-state index >= 15 is 0 Å². The highest BCUT2D eigenvalue weighted by atomic mass is 16.5. The molecule has 0 saturated heterocycles. The molecular weight excluding hydrogens is 318 g/mol. The van der Waals surface area contributed by atoms with Gasteiger partial charge in [-0.15, -0.1) is 0 Å². The number of pyridine rings is 1. The Kier molecular flexibility index (Phi) is 2.57.